The quantitative estimate of drug-likeness (QED) is 0.456. The van der Waals surface area contributed by atoms with Crippen molar-refractivity contribution in [2.45, 2.75) is 85.5 Å². The summed E-state index contributed by atoms with van der Waals surface area (Å²) in [5.74, 6) is 3.90. The van der Waals surface area contributed by atoms with Gasteiger partial charge in [-0.15, -0.1) is 0 Å². The van der Waals surface area contributed by atoms with Gasteiger partial charge in [0.15, 0.2) is 0 Å². The van der Waals surface area contributed by atoms with Crippen LogP contribution in [0.3, 0.4) is 0 Å². The van der Waals surface area contributed by atoms with E-state index in [1.807, 2.05) is 0 Å². The van der Waals surface area contributed by atoms with Crippen LogP contribution in [0.25, 0.3) is 0 Å². The highest BCUT2D eigenvalue weighted by atomic mass is 14.3. The maximum atomic E-state index is 2.49. The van der Waals surface area contributed by atoms with E-state index >= 15 is 0 Å². The Morgan fingerprint density at radius 1 is 0.667 bits per heavy atom. The molecule has 0 heteroatoms. The van der Waals surface area contributed by atoms with Crippen LogP contribution in [0, 0.1) is 23.7 Å². The van der Waals surface area contributed by atoms with Gasteiger partial charge in [-0.3, -0.25) is 0 Å². The van der Waals surface area contributed by atoms with E-state index < -0.39 is 0 Å². The van der Waals surface area contributed by atoms with Gasteiger partial charge in [0.1, 0.15) is 0 Å². The Kier molecular flexibility index (Phi) is 9.04. The molecule has 2 aliphatic rings. The van der Waals surface area contributed by atoms with Gasteiger partial charge in [0.2, 0.25) is 0 Å². The molecule has 2 saturated carbocycles. The number of rotatable bonds is 5. The lowest BCUT2D eigenvalue weighted by Gasteiger charge is -2.37. The third-order valence-corrected chi connectivity index (χ3v) is 5.59. The second-order valence-electron chi connectivity index (χ2n) is 7.02. The molecule has 0 nitrogen and oxygen atoms in total. The van der Waals surface area contributed by atoms with Crippen molar-refractivity contribution >= 4 is 0 Å². The van der Waals surface area contributed by atoms with Crippen LogP contribution in [-0.2, 0) is 0 Å². The molecule has 2 rings (SSSR count). The predicted octanol–water partition coefficient (Wildman–Crippen LogP) is 7.66. The summed E-state index contributed by atoms with van der Waals surface area (Å²) in [4.78, 5) is 0. The number of allylic oxidation sites excluding steroid dienone is 4. The highest BCUT2D eigenvalue weighted by Crippen LogP contribution is 2.41. The van der Waals surface area contributed by atoms with Crippen LogP contribution in [0.15, 0.2) is 24.3 Å². The molecule has 0 aromatic carbocycles. The summed E-state index contributed by atoms with van der Waals surface area (Å²) in [6.45, 7) is 4.49. The summed E-state index contributed by atoms with van der Waals surface area (Å²) >= 11 is 0. The van der Waals surface area contributed by atoms with Crippen LogP contribution >= 0.6 is 0 Å². The third-order valence-electron chi connectivity index (χ3n) is 5.59. The van der Waals surface area contributed by atoms with Crippen LogP contribution < -0.4 is 0 Å². The summed E-state index contributed by atoms with van der Waals surface area (Å²) in [6.07, 6.45) is 23.9. The molecule has 0 unspecified atom stereocenters. The molecule has 0 aromatic rings. The molecule has 2 aliphatic carbocycles. The average Bonchev–Trinajstić information content (AvgIpc) is 2.52. The van der Waals surface area contributed by atoms with E-state index in [1.165, 1.54) is 64.2 Å². The Hall–Kier alpha value is -0.520. The zero-order valence-corrected chi connectivity index (χ0v) is 13.7. The predicted molar refractivity (Wildman–Crippen MR) is 101 cm³/mol. The fourth-order valence-corrected chi connectivity index (χ4v) is 4.27. The molecular weight excluding hydrogens is 252 g/mol. The zero-order valence-electron chi connectivity index (χ0n) is 13.7. The fourth-order valence-electron chi connectivity index (χ4n) is 4.27. The largest absolute Gasteiger partial charge is 0.0885 e. The molecule has 0 saturated heterocycles. The zero-order chi connectivity index (χ0) is 14.2. The first-order valence-electron chi connectivity index (χ1n) is 9.16. The summed E-state index contributed by atoms with van der Waals surface area (Å²) in [7, 11) is 0. The minimum absolute atomic E-state index is 0. The Morgan fingerprint density at radius 2 is 1.00 bits per heavy atom. The van der Waals surface area contributed by atoms with E-state index in [2.05, 4.69) is 38.2 Å². The average molecular weight is 295 g/mol. The van der Waals surface area contributed by atoms with Gasteiger partial charge in [0, 0.05) is 2.85 Å². The van der Waals surface area contributed by atoms with E-state index in [0.717, 1.165) is 23.7 Å². The molecule has 0 aliphatic heterocycles. The fraction of sp³-hybridized carbons (Fsp3) is 0.810. The van der Waals surface area contributed by atoms with Crippen molar-refractivity contribution in [1.29, 1.82) is 0 Å². The first kappa shape index (κ1) is 18.5. The lowest BCUT2D eigenvalue weighted by Crippen LogP contribution is -2.25. The molecule has 0 heterocycles. The molecule has 0 N–H and O–H groups in total. The molecule has 0 atom stereocenters. The van der Waals surface area contributed by atoms with Crippen LogP contribution in [0.5, 0.6) is 0 Å². The monoisotopic (exact) mass is 294 g/mol. The maximum Gasteiger partial charge on any atom is 0 e. The smallest absolute Gasteiger partial charge is 0 e. The Morgan fingerprint density at radius 3 is 1.29 bits per heavy atom. The Balaban J connectivity index is 0. The lowest BCUT2D eigenvalue weighted by molar-refractivity contribution is 0.166. The summed E-state index contributed by atoms with van der Waals surface area (Å²) in [5.41, 5.74) is 0. The minimum atomic E-state index is 0. The van der Waals surface area contributed by atoms with E-state index in [4.69, 9.17) is 0 Å². The minimum Gasteiger partial charge on any atom is -0.0885 e. The Labute approximate surface area is 137 Å². The van der Waals surface area contributed by atoms with E-state index in [-0.39, 0.29) is 10.3 Å². The lowest BCUT2D eigenvalue weighted by atomic mass is 9.69. The molecule has 0 aromatic heterocycles. The first-order chi connectivity index (χ1) is 9.83. The highest BCUT2D eigenvalue weighted by molar-refractivity contribution is 4.94. The normalized spacial score (nSPS) is 34.2. The maximum absolute atomic E-state index is 2.49. The van der Waals surface area contributed by atoms with E-state index in [1.54, 1.807) is 0 Å². The van der Waals surface area contributed by atoms with Crippen LogP contribution in [0.4, 0.5) is 0 Å². The second kappa shape index (κ2) is 10.2. The molecule has 0 spiro atoms. The molecule has 0 radical (unpaired) electrons. The van der Waals surface area contributed by atoms with Gasteiger partial charge in [-0.1, -0.05) is 45.6 Å². The number of hydrogen-bond acceptors (Lipinski definition) is 0. The molecule has 0 amide bonds. The topological polar surface area (TPSA) is 0 Å². The van der Waals surface area contributed by atoms with Crippen molar-refractivity contribution < 1.29 is 2.85 Å². The van der Waals surface area contributed by atoms with Gasteiger partial charge < -0.3 is 0 Å². The van der Waals surface area contributed by atoms with Crippen LogP contribution in [0.1, 0.15) is 88.3 Å². The van der Waals surface area contributed by atoms with Gasteiger partial charge in [-0.2, -0.15) is 0 Å². The standard InChI is InChI=1S/C20H34.CH4.2H2/c1-3-5-7-17-9-13-19(14-10-17)20-15-11-18(12-16-20)8-6-4-2;;;/h5-8,17-20H,3-4,9-16H2,1-2H3;1H4;2*1H/b7-5+,8-6+;;;. The van der Waals surface area contributed by atoms with Crippen molar-refractivity contribution in [1.82, 2.24) is 0 Å². The number of hydrogen-bond donors (Lipinski definition) is 0. The van der Waals surface area contributed by atoms with Crippen molar-refractivity contribution in [3.63, 3.8) is 0 Å². The van der Waals surface area contributed by atoms with Gasteiger partial charge in [0.25, 0.3) is 0 Å². The first-order valence-corrected chi connectivity index (χ1v) is 9.16. The van der Waals surface area contributed by atoms with Crippen LogP contribution in [0.2, 0.25) is 0 Å². The van der Waals surface area contributed by atoms with Crippen molar-refractivity contribution in [3.8, 4) is 0 Å². The van der Waals surface area contributed by atoms with Gasteiger partial charge >= 0.3 is 0 Å². The van der Waals surface area contributed by atoms with E-state index in [0.29, 0.717) is 0 Å². The molecule has 126 valence electrons. The van der Waals surface area contributed by atoms with E-state index in [9.17, 15) is 0 Å². The molecular formula is C21H42. The Bertz CT molecular complexity index is 274. The van der Waals surface area contributed by atoms with Gasteiger partial charge in [-0.05, 0) is 87.9 Å². The molecule has 21 heavy (non-hydrogen) atoms. The van der Waals surface area contributed by atoms with Crippen molar-refractivity contribution in [2.24, 2.45) is 23.7 Å². The van der Waals surface area contributed by atoms with Crippen molar-refractivity contribution in [3.05, 3.63) is 24.3 Å². The SMILES string of the molecule is C.CC/C=C/C1CCC(C2CCC(/C=C/CC)CC2)CC1.[HH].[HH]. The molecule has 2 fully saturated rings. The van der Waals surface area contributed by atoms with Crippen LogP contribution in [-0.4, -0.2) is 0 Å². The summed E-state index contributed by atoms with van der Waals surface area (Å²) in [6, 6.07) is 0. The third kappa shape index (κ3) is 6.01. The molecule has 0 bridgehead atoms. The summed E-state index contributed by atoms with van der Waals surface area (Å²) in [5, 5.41) is 0. The van der Waals surface area contributed by atoms with Gasteiger partial charge in [0.05, 0.1) is 0 Å². The van der Waals surface area contributed by atoms with Crippen molar-refractivity contribution in [2.75, 3.05) is 0 Å². The second-order valence-corrected chi connectivity index (χ2v) is 7.02. The van der Waals surface area contributed by atoms with Gasteiger partial charge in [-0.25, -0.2) is 0 Å². The highest BCUT2D eigenvalue weighted by Gasteiger charge is 2.29. The summed E-state index contributed by atoms with van der Waals surface area (Å²) < 4.78 is 0.